The van der Waals surface area contributed by atoms with Gasteiger partial charge in [-0.25, -0.2) is 9.18 Å². The second-order valence-corrected chi connectivity index (χ2v) is 8.19. The van der Waals surface area contributed by atoms with E-state index in [0.29, 0.717) is 35.8 Å². The van der Waals surface area contributed by atoms with Crippen LogP contribution in [0.5, 0.6) is 11.5 Å². The van der Waals surface area contributed by atoms with Crippen molar-refractivity contribution in [3.63, 3.8) is 0 Å². The molecule has 1 aliphatic heterocycles. The van der Waals surface area contributed by atoms with Crippen molar-refractivity contribution in [2.75, 3.05) is 13.1 Å². The molecule has 0 radical (unpaired) electrons. The van der Waals surface area contributed by atoms with Gasteiger partial charge in [0.1, 0.15) is 17.3 Å². The normalized spacial score (nSPS) is 15.9. The predicted octanol–water partition coefficient (Wildman–Crippen LogP) is 4.47. The molecule has 0 bridgehead atoms. The van der Waals surface area contributed by atoms with Gasteiger partial charge in [-0.15, -0.1) is 0 Å². The lowest BCUT2D eigenvalue weighted by Gasteiger charge is -2.32. The van der Waals surface area contributed by atoms with Gasteiger partial charge in [-0.3, -0.25) is 18.9 Å². The number of imidazole rings is 1. The van der Waals surface area contributed by atoms with Crippen molar-refractivity contribution < 1.29 is 13.9 Å². The highest BCUT2D eigenvalue weighted by Crippen LogP contribution is 2.28. The highest BCUT2D eigenvalue weighted by Gasteiger charge is 2.27. The SMILES string of the molecule is C=CC(=O)N1CCC[C@@H](n2c(=O)n(-c3ccc(Oc4cccc(F)c4)cc3)c3cnccc32)C1. The lowest BCUT2D eigenvalue weighted by molar-refractivity contribution is -0.127. The van der Waals surface area contributed by atoms with E-state index in [0.717, 1.165) is 18.4 Å². The predicted molar refractivity (Wildman–Crippen MR) is 127 cm³/mol. The summed E-state index contributed by atoms with van der Waals surface area (Å²) in [6, 6.07) is 14.6. The van der Waals surface area contributed by atoms with Crippen molar-refractivity contribution in [2.45, 2.75) is 18.9 Å². The molecule has 0 N–H and O–H groups in total. The number of rotatable bonds is 5. The Bertz CT molecular complexity index is 1420. The molecule has 0 spiro atoms. The van der Waals surface area contributed by atoms with Crippen LogP contribution in [0.3, 0.4) is 0 Å². The van der Waals surface area contributed by atoms with E-state index in [9.17, 15) is 14.0 Å². The topological polar surface area (TPSA) is 69.4 Å². The Labute approximate surface area is 195 Å². The molecule has 1 atom stereocenters. The van der Waals surface area contributed by atoms with Crippen LogP contribution < -0.4 is 10.4 Å². The number of piperidine rings is 1. The van der Waals surface area contributed by atoms with E-state index in [1.54, 1.807) is 62.8 Å². The van der Waals surface area contributed by atoms with Gasteiger partial charge in [-0.2, -0.15) is 0 Å². The van der Waals surface area contributed by atoms with E-state index in [4.69, 9.17) is 4.74 Å². The summed E-state index contributed by atoms with van der Waals surface area (Å²) in [6.45, 7) is 4.69. The summed E-state index contributed by atoms with van der Waals surface area (Å²) in [5.74, 6) is 0.408. The molecule has 8 heteroatoms. The molecule has 34 heavy (non-hydrogen) atoms. The van der Waals surface area contributed by atoms with Crippen molar-refractivity contribution >= 4 is 16.9 Å². The van der Waals surface area contributed by atoms with Crippen molar-refractivity contribution in [1.82, 2.24) is 19.0 Å². The largest absolute Gasteiger partial charge is 0.457 e. The number of aromatic nitrogens is 3. The van der Waals surface area contributed by atoms with Crippen LogP contribution in [0.1, 0.15) is 18.9 Å². The van der Waals surface area contributed by atoms with Crippen molar-refractivity contribution in [1.29, 1.82) is 0 Å². The number of nitrogens with zero attached hydrogens (tertiary/aromatic N) is 4. The summed E-state index contributed by atoms with van der Waals surface area (Å²) < 4.78 is 22.5. The molecular weight excluding hydrogens is 435 g/mol. The maximum atomic E-state index is 13.6. The van der Waals surface area contributed by atoms with Crippen LogP contribution in [-0.4, -0.2) is 38.0 Å². The highest BCUT2D eigenvalue weighted by atomic mass is 19.1. The molecule has 1 saturated heterocycles. The van der Waals surface area contributed by atoms with Crippen LogP contribution in [0.4, 0.5) is 4.39 Å². The zero-order chi connectivity index (χ0) is 23.7. The number of pyridine rings is 1. The fourth-order valence-electron chi connectivity index (χ4n) is 4.50. The number of benzene rings is 2. The Morgan fingerprint density at radius 2 is 1.94 bits per heavy atom. The van der Waals surface area contributed by atoms with Crippen LogP contribution in [0.2, 0.25) is 0 Å². The number of likely N-dealkylation sites (tertiary alicyclic amines) is 1. The molecule has 172 valence electrons. The molecular formula is C26H23FN4O3. The van der Waals surface area contributed by atoms with E-state index in [2.05, 4.69) is 11.6 Å². The van der Waals surface area contributed by atoms with Gasteiger partial charge in [0.25, 0.3) is 0 Å². The lowest BCUT2D eigenvalue weighted by atomic mass is 10.1. The Hall–Kier alpha value is -4.20. The third-order valence-corrected chi connectivity index (χ3v) is 6.05. The Balaban J connectivity index is 1.51. The molecule has 7 nitrogen and oxygen atoms in total. The number of hydrogen-bond donors (Lipinski definition) is 0. The van der Waals surface area contributed by atoms with E-state index in [1.165, 1.54) is 18.2 Å². The van der Waals surface area contributed by atoms with Gasteiger partial charge in [-0.1, -0.05) is 12.6 Å². The van der Waals surface area contributed by atoms with E-state index in [-0.39, 0.29) is 23.5 Å². The van der Waals surface area contributed by atoms with E-state index < -0.39 is 0 Å². The molecule has 1 fully saturated rings. The number of hydrogen-bond acceptors (Lipinski definition) is 4. The average Bonchev–Trinajstić information content (AvgIpc) is 3.16. The molecule has 5 rings (SSSR count). The standard InChI is InChI=1S/C26H23FN4O3/c1-2-25(32)29-14-4-6-20(17-29)31-23-12-13-28-16-24(23)30(26(31)33)19-8-10-21(11-9-19)34-22-7-3-5-18(27)15-22/h2-3,5,7-13,15-16,20H,1,4,6,14,17H2/t20-/m1/s1. The highest BCUT2D eigenvalue weighted by molar-refractivity contribution is 5.87. The van der Waals surface area contributed by atoms with Crippen molar-refractivity contribution in [3.05, 3.63) is 95.9 Å². The fourth-order valence-corrected chi connectivity index (χ4v) is 4.50. The summed E-state index contributed by atoms with van der Waals surface area (Å²) in [5, 5.41) is 0. The molecule has 0 unspecified atom stereocenters. The first kappa shape index (κ1) is 21.6. The lowest BCUT2D eigenvalue weighted by Crippen LogP contribution is -2.42. The Morgan fingerprint density at radius 1 is 1.12 bits per heavy atom. The van der Waals surface area contributed by atoms with Crippen molar-refractivity contribution in [2.24, 2.45) is 0 Å². The first-order chi connectivity index (χ1) is 16.5. The van der Waals surface area contributed by atoms with Crippen LogP contribution in [0.15, 0.2) is 84.4 Å². The number of fused-ring (bicyclic) bond motifs is 1. The average molecular weight is 458 g/mol. The fraction of sp³-hybridized carbons (Fsp3) is 0.192. The maximum Gasteiger partial charge on any atom is 0.334 e. The maximum absolute atomic E-state index is 13.6. The van der Waals surface area contributed by atoms with E-state index in [1.807, 2.05) is 6.07 Å². The molecule has 2 aromatic carbocycles. The van der Waals surface area contributed by atoms with Crippen LogP contribution in [0.25, 0.3) is 16.7 Å². The second-order valence-electron chi connectivity index (χ2n) is 8.19. The van der Waals surface area contributed by atoms with Gasteiger partial charge < -0.3 is 9.64 Å². The smallest absolute Gasteiger partial charge is 0.334 e. The van der Waals surface area contributed by atoms with Crippen molar-refractivity contribution in [3.8, 4) is 17.2 Å². The van der Waals surface area contributed by atoms with Gasteiger partial charge in [-0.05, 0) is 61.4 Å². The first-order valence-electron chi connectivity index (χ1n) is 11.1. The number of halogens is 1. The van der Waals surface area contributed by atoms with Gasteiger partial charge in [0.05, 0.1) is 29.0 Å². The molecule has 0 saturated carbocycles. The summed E-state index contributed by atoms with van der Waals surface area (Å²) in [4.78, 5) is 31.8. The van der Waals surface area contributed by atoms with Gasteiger partial charge in [0, 0.05) is 25.4 Å². The third kappa shape index (κ3) is 3.98. The minimum Gasteiger partial charge on any atom is -0.457 e. The molecule has 4 aromatic rings. The zero-order valence-electron chi connectivity index (χ0n) is 18.4. The summed E-state index contributed by atoms with van der Waals surface area (Å²) in [5.41, 5.74) is 1.90. The Morgan fingerprint density at radius 3 is 2.71 bits per heavy atom. The van der Waals surface area contributed by atoms with Gasteiger partial charge >= 0.3 is 5.69 Å². The number of carbonyl (C=O) groups excluding carboxylic acids is 1. The van der Waals surface area contributed by atoms with Crippen LogP contribution >= 0.6 is 0 Å². The minimum absolute atomic E-state index is 0.128. The number of amides is 1. The number of ether oxygens (including phenoxy) is 1. The van der Waals surface area contributed by atoms with Crippen LogP contribution in [0, 0.1) is 5.82 Å². The summed E-state index contributed by atoms with van der Waals surface area (Å²) >= 11 is 0. The minimum atomic E-state index is -0.378. The zero-order valence-corrected chi connectivity index (χ0v) is 18.4. The molecule has 1 amide bonds. The molecule has 1 aliphatic rings. The van der Waals surface area contributed by atoms with Gasteiger partial charge in [0.2, 0.25) is 5.91 Å². The van der Waals surface area contributed by atoms with Gasteiger partial charge in [0.15, 0.2) is 0 Å². The first-order valence-corrected chi connectivity index (χ1v) is 11.1. The monoisotopic (exact) mass is 458 g/mol. The second kappa shape index (κ2) is 8.97. The summed E-state index contributed by atoms with van der Waals surface area (Å²) in [6.07, 6.45) is 6.24. The number of carbonyl (C=O) groups is 1. The molecule has 3 heterocycles. The molecule has 2 aromatic heterocycles. The third-order valence-electron chi connectivity index (χ3n) is 6.05. The van der Waals surface area contributed by atoms with Crippen LogP contribution in [-0.2, 0) is 4.79 Å². The summed E-state index contributed by atoms with van der Waals surface area (Å²) in [7, 11) is 0. The molecule has 0 aliphatic carbocycles. The quantitative estimate of drug-likeness (QED) is 0.414. The van der Waals surface area contributed by atoms with E-state index >= 15 is 0 Å². The Kier molecular flexibility index (Phi) is 5.71.